The Morgan fingerprint density at radius 2 is 2.38 bits per heavy atom. The van der Waals surface area contributed by atoms with Crippen molar-refractivity contribution in [1.29, 1.82) is 0 Å². The van der Waals surface area contributed by atoms with Crippen LogP contribution in [0.5, 0.6) is 0 Å². The molecule has 0 radical (unpaired) electrons. The van der Waals surface area contributed by atoms with Gasteiger partial charge in [0.25, 0.3) is 0 Å². The Morgan fingerprint density at radius 1 is 1.44 bits per heavy atom. The van der Waals surface area contributed by atoms with E-state index < -0.39 is 0 Å². The van der Waals surface area contributed by atoms with Gasteiger partial charge in [0.2, 0.25) is 0 Å². The SMILES string of the molecule is CCn1nc(-c2cnccn2)c2c1NCC2. The van der Waals surface area contributed by atoms with Crippen molar-refractivity contribution in [2.75, 3.05) is 11.9 Å². The predicted octanol–water partition coefficient (Wildman–Crippen LogP) is 1.33. The molecule has 16 heavy (non-hydrogen) atoms. The van der Waals surface area contributed by atoms with Crippen LogP contribution in [0.2, 0.25) is 0 Å². The van der Waals surface area contributed by atoms with Gasteiger partial charge in [0.15, 0.2) is 0 Å². The first kappa shape index (κ1) is 9.33. The highest BCUT2D eigenvalue weighted by Gasteiger charge is 2.22. The van der Waals surface area contributed by atoms with Crippen LogP contribution in [-0.2, 0) is 13.0 Å². The largest absolute Gasteiger partial charge is 0.370 e. The molecule has 2 aromatic rings. The molecule has 0 saturated heterocycles. The summed E-state index contributed by atoms with van der Waals surface area (Å²) < 4.78 is 1.99. The Bertz CT molecular complexity index is 503. The summed E-state index contributed by atoms with van der Waals surface area (Å²) in [5.41, 5.74) is 3.09. The summed E-state index contributed by atoms with van der Waals surface area (Å²) in [5.74, 6) is 1.14. The number of anilines is 1. The minimum Gasteiger partial charge on any atom is -0.370 e. The molecule has 0 aliphatic carbocycles. The Hall–Kier alpha value is -1.91. The van der Waals surface area contributed by atoms with Gasteiger partial charge in [-0.1, -0.05) is 0 Å². The molecular formula is C11H13N5. The van der Waals surface area contributed by atoms with Crippen molar-refractivity contribution >= 4 is 5.82 Å². The van der Waals surface area contributed by atoms with Gasteiger partial charge in [-0.25, -0.2) is 4.68 Å². The van der Waals surface area contributed by atoms with Crippen molar-refractivity contribution in [1.82, 2.24) is 19.7 Å². The van der Waals surface area contributed by atoms with Crippen LogP contribution in [0, 0.1) is 0 Å². The second kappa shape index (κ2) is 3.59. The smallest absolute Gasteiger partial charge is 0.128 e. The molecule has 1 aliphatic rings. The minimum atomic E-state index is 0.856. The van der Waals surface area contributed by atoms with Crippen LogP contribution in [0.1, 0.15) is 12.5 Å². The number of hydrogen-bond acceptors (Lipinski definition) is 4. The van der Waals surface area contributed by atoms with Crippen molar-refractivity contribution in [3.8, 4) is 11.4 Å². The first-order valence-electron chi connectivity index (χ1n) is 5.50. The van der Waals surface area contributed by atoms with Crippen molar-refractivity contribution in [2.45, 2.75) is 19.9 Å². The number of aryl methyl sites for hydroxylation is 1. The molecule has 1 N–H and O–H groups in total. The van der Waals surface area contributed by atoms with Crippen LogP contribution in [0.25, 0.3) is 11.4 Å². The highest BCUT2D eigenvalue weighted by Crippen LogP contribution is 2.31. The summed E-state index contributed by atoms with van der Waals surface area (Å²) in [5, 5.41) is 7.93. The summed E-state index contributed by atoms with van der Waals surface area (Å²) in [6.07, 6.45) is 6.16. The predicted molar refractivity (Wildman–Crippen MR) is 61.1 cm³/mol. The summed E-state index contributed by atoms with van der Waals surface area (Å²) in [6, 6.07) is 0. The van der Waals surface area contributed by atoms with E-state index in [2.05, 4.69) is 27.3 Å². The number of fused-ring (bicyclic) bond motifs is 1. The topological polar surface area (TPSA) is 55.6 Å². The molecule has 82 valence electrons. The Labute approximate surface area is 93.5 Å². The van der Waals surface area contributed by atoms with Crippen LogP contribution in [0.15, 0.2) is 18.6 Å². The monoisotopic (exact) mass is 215 g/mol. The Morgan fingerprint density at radius 3 is 3.12 bits per heavy atom. The lowest BCUT2D eigenvalue weighted by Gasteiger charge is -2.01. The average molecular weight is 215 g/mol. The van der Waals surface area contributed by atoms with Crippen LogP contribution in [0.4, 0.5) is 5.82 Å². The highest BCUT2D eigenvalue weighted by atomic mass is 15.3. The third-order valence-corrected chi connectivity index (χ3v) is 2.82. The van der Waals surface area contributed by atoms with Gasteiger partial charge < -0.3 is 5.32 Å². The molecule has 2 aromatic heterocycles. The van der Waals surface area contributed by atoms with Gasteiger partial charge >= 0.3 is 0 Å². The first-order valence-corrected chi connectivity index (χ1v) is 5.50. The quantitative estimate of drug-likeness (QED) is 0.821. The van der Waals surface area contributed by atoms with Crippen molar-refractivity contribution in [3.05, 3.63) is 24.2 Å². The van der Waals surface area contributed by atoms with Crippen molar-refractivity contribution in [3.63, 3.8) is 0 Å². The zero-order valence-electron chi connectivity index (χ0n) is 9.14. The molecule has 0 unspecified atom stereocenters. The van der Waals surface area contributed by atoms with Crippen LogP contribution >= 0.6 is 0 Å². The average Bonchev–Trinajstić information content (AvgIpc) is 2.91. The van der Waals surface area contributed by atoms with Gasteiger partial charge in [-0.3, -0.25) is 9.97 Å². The molecule has 5 heteroatoms. The van der Waals surface area contributed by atoms with Gasteiger partial charge in [0.05, 0.1) is 6.20 Å². The summed E-state index contributed by atoms with van der Waals surface area (Å²) >= 11 is 0. The van der Waals surface area contributed by atoms with E-state index >= 15 is 0 Å². The Kier molecular flexibility index (Phi) is 2.09. The third kappa shape index (κ3) is 1.28. The van der Waals surface area contributed by atoms with E-state index in [9.17, 15) is 0 Å². The molecule has 3 heterocycles. The molecule has 0 aromatic carbocycles. The summed E-state index contributed by atoms with van der Waals surface area (Å²) in [7, 11) is 0. The zero-order valence-corrected chi connectivity index (χ0v) is 9.14. The molecule has 0 amide bonds. The Balaban J connectivity index is 2.15. The molecule has 0 atom stereocenters. The number of nitrogens with zero attached hydrogens (tertiary/aromatic N) is 4. The third-order valence-electron chi connectivity index (χ3n) is 2.82. The fraction of sp³-hybridized carbons (Fsp3) is 0.364. The van der Waals surface area contributed by atoms with E-state index in [0.29, 0.717) is 0 Å². The maximum absolute atomic E-state index is 4.57. The van der Waals surface area contributed by atoms with E-state index in [1.807, 2.05) is 4.68 Å². The van der Waals surface area contributed by atoms with E-state index in [-0.39, 0.29) is 0 Å². The second-order valence-electron chi connectivity index (χ2n) is 3.76. The zero-order chi connectivity index (χ0) is 11.0. The van der Waals surface area contributed by atoms with E-state index in [1.54, 1.807) is 18.6 Å². The van der Waals surface area contributed by atoms with Crippen LogP contribution in [0.3, 0.4) is 0 Å². The normalized spacial score (nSPS) is 13.6. The van der Waals surface area contributed by atoms with Gasteiger partial charge in [0.1, 0.15) is 17.2 Å². The van der Waals surface area contributed by atoms with Gasteiger partial charge in [0, 0.05) is 31.0 Å². The van der Waals surface area contributed by atoms with Crippen LogP contribution < -0.4 is 5.32 Å². The minimum absolute atomic E-state index is 0.856. The van der Waals surface area contributed by atoms with Gasteiger partial charge in [-0.15, -0.1) is 0 Å². The number of nitrogens with one attached hydrogen (secondary N) is 1. The second-order valence-corrected chi connectivity index (χ2v) is 3.76. The summed E-state index contributed by atoms with van der Waals surface area (Å²) in [4.78, 5) is 8.40. The van der Waals surface area contributed by atoms with E-state index in [1.165, 1.54) is 5.56 Å². The highest BCUT2D eigenvalue weighted by molar-refractivity contribution is 5.68. The maximum Gasteiger partial charge on any atom is 0.128 e. The van der Waals surface area contributed by atoms with Crippen molar-refractivity contribution in [2.24, 2.45) is 0 Å². The fourth-order valence-corrected chi connectivity index (χ4v) is 2.10. The van der Waals surface area contributed by atoms with E-state index in [4.69, 9.17) is 0 Å². The van der Waals surface area contributed by atoms with Gasteiger partial charge in [-0.2, -0.15) is 5.10 Å². The number of rotatable bonds is 2. The maximum atomic E-state index is 4.57. The van der Waals surface area contributed by atoms with Gasteiger partial charge in [-0.05, 0) is 13.3 Å². The molecule has 3 rings (SSSR count). The fourth-order valence-electron chi connectivity index (χ4n) is 2.10. The molecule has 0 bridgehead atoms. The van der Waals surface area contributed by atoms with E-state index in [0.717, 1.165) is 36.7 Å². The first-order chi connectivity index (χ1) is 7.90. The summed E-state index contributed by atoms with van der Waals surface area (Å²) in [6.45, 7) is 3.95. The molecule has 5 nitrogen and oxygen atoms in total. The molecule has 0 spiro atoms. The molecule has 0 saturated carbocycles. The lowest BCUT2D eigenvalue weighted by molar-refractivity contribution is 0.668. The molecule has 1 aliphatic heterocycles. The molecular weight excluding hydrogens is 202 g/mol. The van der Waals surface area contributed by atoms with Crippen LogP contribution in [-0.4, -0.2) is 26.3 Å². The number of aromatic nitrogens is 4. The number of hydrogen-bond donors (Lipinski definition) is 1. The standard InChI is InChI=1S/C11H13N5/c1-2-16-11-8(3-4-14-11)10(15-16)9-7-12-5-6-13-9/h5-7,14H,2-4H2,1H3. The van der Waals surface area contributed by atoms with Crippen molar-refractivity contribution < 1.29 is 0 Å². The lowest BCUT2D eigenvalue weighted by Crippen LogP contribution is -2.04. The molecule has 0 fully saturated rings. The lowest BCUT2D eigenvalue weighted by atomic mass is 10.1.